The molecule has 0 bridgehead atoms. The summed E-state index contributed by atoms with van der Waals surface area (Å²) in [5.74, 6) is 5.03. The topological polar surface area (TPSA) is 94.3 Å². The van der Waals surface area contributed by atoms with Crippen molar-refractivity contribution < 1.29 is 14.3 Å². The van der Waals surface area contributed by atoms with E-state index in [1.807, 2.05) is 6.07 Å². The lowest BCUT2D eigenvalue weighted by Crippen LogP contribution is -2.19. The van der Waals surface area contributed by atoms with E-state index in [1.54, 1.807) is 18.2 Å². The van der Waals surface area contributed by atoms with Gasteiger partial charge in [-0.3, -0.25) is 4.79 Å². The number of nitrogens with one attached hydrogen (secondary N) is 1. The van der Waals surface area contributed by atoms with Crippen LogP contribution in [0.25, 0.3) is 10.9 Å². The van der Waals surface area contributed by atoms with Gasteiger partial charge in [0.05, 0.1) is 24.9 Å². The maximum Gasteiger partial charge on any atom is 0.356 e. The first kappa shape index (κ1) is 15.3. The molecule has 3 N–H and O–H groups in total. The number of hydrogen-bond donors (Lipinski definition) is 2. The number of para-hydroxylation sites is 1. The second kappa shape index (κ2) is 6.59. The third kappa shape index (κ3) is 3.33. The number of nitrogens with zero attached hydrogens (tertiary/aromatic N) is 1. The second-order valence-corrected chi connectivity index (χ2v) is 4.50. The van der Waals surface area contributed by atoms with Crippen LogP contribution in [0.2, 0.25) is 0 Å². The molecule has 0 spiro atoms. The van der Waals surface area contributed by atoms with Gasteiger partial charge in [0.1, 0.15) is 5.69 Å². The van der Waals surface area contributed by atoms with Crippen LogP contribution < -0.4 is 11.1 Å². The van der Waals surface area contributed by atoms with Crippen LogP contribution in [0.4, 0.5) is 5.69 Å². The van der Waals surface area contributed by atoms with Gasteiger partial charge in [0.25, 0.3) is 0 Å². The summed E-state index contributed by atoms with van der Waals surface area (Å²) in [4.78, 5) is 26.8. The van der Waals surface area contributed by atoms with Crippen molar-refractivity contribution in [3.63, 3.8) is 0 Å². The molecule has 22 heavy (non-hydrogen) atoms. The van der Waals surface area contributed by atoms with Crippen LogP contribution >= 0.6 is 0 Å². The molecule has 112 valence electrons. The molecular weight excluding hydrogens is 282 g/mol. The minimum absolute atomic E-state index is 0.136. The number of fused-ring (bicyclic) bond motifs is 1. The molecule has 0 aliphatic carbocycles. The van der Waals surface area contributed by atoms with Crippen molar-refractivity contribution in [1.82, 2.24) is 10.3 Å². The maximum atomic E-state index is 11.7. The SMILES string of the molecule is COC(=O)c1cc(C#CCNC(C)=O)c2cccc(N)c2n1. The number of pyridine rings is 1. The van der Waals surface area contributed by atoms with Crippen LogP contribution in [0.1, 0.15) is 23.0 Å². The number of carbonyl (C=O) groups excluding carboxylic acids is 2. The van der Waals surface area contributed by atoms with Gasteiger partial charge in [-0.1, -0.05) is 24.0 Å². The summed E-state index contributed by atoms with van der Waals surface area (Å²) in [5, 5.41) is 3.32. The molecule has 1 heterocycles. The lowest BCUT2D eigenvalue weighted by Gasteiger charge is -2.06. The standard InChI is InChI=1S/C16H15N3O3/c1-10(20)18-8-4-5-11-9-14(16(21)22-2)19-15-12(11)6-3-7-13(15)17/h3,6-7,9H,8,17H2,1-2H3,(H,18,20). The van der Waals surface area contributed by atoms with Gasteiger partial charge in [-0.15, -0.1) is 0 Å². The van der Waals surface area contributed by atoms with Crippen molar-refractivity contribution in [3.05, 3.63) is 35.5 Å². The molecule has 0 aliphatic rings. The number of anilines is 1. The van der Waals surface area contributed by atoms with Crippen molar-refractivity contribution in [3.8, 4) is 11.8 Å². The molecule has 0 saturated carbocycles. The van der Waals surface area contributed by atoms with Crippen molar-refractivity contribution in [1.29, 1.82) is 0 Å². The highest BCUT2D eigenvalue weighted by Gasteiger charge is 2.12. The van der Waals surface area contributed by atoms with Crippen LogP contribution in [0, 0.1) is 11.8 Å². The normalized spacial score (nSPS) is 9.73. The number of ether oxygens (including phenoxy) is 1. The number of amides is 1. The number of carbonyl (C=O) groups is 2. The second-order valence-electron chi connectivity index (χ2n) is 4.50. The summed E-state index contributed by atoms with van der Waals surface area (Å²) < 4.78 is 4.69. The molecule has 6 heteroatoms. The van der Waals surface area contributed by atoms with Gasteiger partial charge in [0.2, 0.25) is 5.91 Å². The molecule has 0 radical (unpaired) electrons. The number of aromatic nitrogens is 1. The largest absolute Gasteiger partial charge is 0.464 e. The van der Waals surface area contributed by atoms with E-state index in [2.05, 4.69) is 26.9 Å². The minimum Gasteiger partial charge on any atom is -0.464 e. The van der Waals surface area contributed by atoms with E-state index in [9.17, 15) is 9.59 Å². The summed E-state index contributed by atoms with van der Waals surface area (Å²) in [5.41, 5.74) is 7.59. The summed E-state index contributed by atoms with van der Waals surface area (Å²) in [6.07, 6.45) is 0. The Balaban J connectivity index is 2.53. The lowest BCUT2D eigenvalue weighted by molar-refractivity contribution is -0.118. The number of hydrogen-bond acceptors (Lipinski definition) is 5. The van der Waals surface area contributed by atoms with E-state index in [1.165, 1.54) is 14.0 Å². The third-order valence-corrected chi connectivity index (χ3v) is 2.91. The van der Waals surface area contributed by atoms with Gasteiger partial charge in [-0.2, -0.15) is 0 Å². The number of esters is 1. The lowest BCUT2D eigenvalue weighted by atomic mass is 10.1. The highest BCUT2D eigenvalue weighted by molar-refractivity contribution is 5.98. The number of nitrogens with two attached hydrogens (primary N) is 1. The van der Waals surface area contributed by atoms with E-state index >= 15 is 0 Å². The van der Waals surface area contributed by atoms with Gasteiger partial charge in [-0.05, 0) is 12.1 Å². The van der Waals surface area contributed by atoms with Crippen LogP contribution in [0.5, 0.6) is 0 Å². The van der Waals surface area contributed by atoms with E-state index in [4.69, 9.17) is 5.73 Å². The Kier molecular flexibility index (Phi) is 4.59. The van der Waals surface area contributed by atoms with Gasteiger partial charge in [0, 0.05) is 17.9 Å². The molecule has 1 aromatic carbocycles. The molecular formula is C16H15N3O3. The summed E-state index contributed by atoms with van der Waals surface area (Å²) in [6.45, 7) is 1.63. The average molecular weight is 297 g/mol. The molecule has 0 aliphatic heterocycles. The predicted octanol–water partition coefficient (Wildman–Crippen LogP) is 1.09. The van der Waals surface area contributed by atoms with E-state index in [-0.39, 0.29) is 18.1 Å². The predicted molar refractivity (Wildman–Crippen MR) is 83.1 cm³/mol. The monoisotopic (exact) mass is 297 g/mol. The molecule has 1 aromatic heterocycles. The fourth-order valence-corrected chi connectivity index (χ4v) is 1.89. The Hall–Kier alpha value is -3.07. The van der Waals surface area contributed by atoms with E-state index < -0.39 is 5.97 Å². The summed E-state index contributed by atoms with van der Waals surface area (Å²) in [6, 6.07) is 6.86. The molecule has 0 saturated heterocycles. The van der Waals surface area contributed by atoms with Crippen molar-refractivity contribution in [2.45, 2.75) is 6.92 Å². The van der Waals surface area contributed by atoms with Crippen LogP contribution in [0.15, 0.2) is 24.3 Å². The van der Waals surface area contributed by atoms with Crippen molar-refractivity contribution in [2.24, 2.45) is 0 Å². The van der Waals surface area contributed by atoms with Gasteiger partial charge < -0.3 is 15.8 Å². The van der Waals surface area contributed by atoms with Crippen LogP contribution in [0.3, 0.4) is 0 Å². The van der Waals surface area contributed by atoms with E-state index in [0.717, 1.165) is 5.39 Å². The Bertz CT molecular complexity index is 803. The zero-order valence-corrected chi connectivity index (χ0v) is 12.3. The zero-order valence-electron chi connectivity index (χ0n) is 12.3. The number of rotatable bonds is 2. The first-order chi connectivity index (χ1) is 10.5. The van der Waals surface area contributed by atoms with Crippen molar-refractivity contribution in [2.75, 3.05) is 19.4 Å². The Labute approximate surface area is 127 Å². The molecule has 0 atom stereocenters. The summed E-state index contributed by atoms with van der Waals surface area (Å²) >= 11 is 0. The molecule has 2 aromatic rings. The zero-order chi connectivity index (χ0) is 16.1. The Morgan fingerprint density at radius 3 is 2.86 bits per heavy atom. The van der Waals surface area contributed by atoms with Gasteiger partial charge in [-0.25, -0.2) is 9.78 Å². The highest BCUT2D eigenvalue weighted by Crippen LogP contribution is 2.23. The van der Waals surface area contributed by atoms with Gasteiger partial charge >= 0.3 is 5.97 Å². The summed E-state index contributed by atoms with van der Waals surface area (Å²) in [7, 11) is 1.28. The maximum absolute atomic E-state index is 11.7. The van der Waals surface area contributed by atoms with E-state index in [0.29, 0.717) is 16.8 Å². The highest BCUT2D eigenvalue weighted by atomic mass is 16.5. The molecule has 0 unspecified atom stereocenters. The Morgan fingerprint density at radius 1 is 1.41 bits per heavy atom. The molecule has 0 fully saturated rings. The number of methoxy groups -OCH3 is 1. The van der Waals surface area contributed by atoms with Gasteiger partial charge in [0.15, 0.2) is 0 Å². The average Bonchev–Trinajstić information content (AvgIpc) is 2.51. The quantitative estimate of drug-likeness (QED) is 0.491. The molecule has 1 amide bonds. The fourth-order valence-electron chi connectivity index (χ4n) is 1.89. The number of benzene rings is 1. The Morgan fingerprint density at radius 2 is 2.18 bits per heavy atom. The number of nitrogen functional groups attached to an aromatic ring is 1. The van der Waals surface area contributed by atoms with Crippen molar-refractivity contribution >= 4 is 28.5 Å². The van der Waals surface area contributed by atoms with Crippen LogP contribution in [-0.4, -0.2) is 30.5 Å². The smallest absolute Gasteiger partial charge is 0.356 e. The first-order valence-corrected chi connectivity index (χ1v) is 6.53. The molecule has 2 rings (SSSR count). The fraction of sp³-hybridized carbons (Fsp3) is 0.188. The third-order valence-electron chi connectivity index (χ3n) is 2.91. The first-order valence-electron chi connectivity index (χ1n) is 6.53. The molecule has 6 nitrogen and oxygen atoms in total. The van der Waals surface area contributed by atoms with Crippen LogP contribution in [-0.2, 0) is 9.53 Å². The minimum atomic E-state index is -0.560.